The van der Waals surface area contributed by atoms with Crippen molar-refractivity contribution in [3.8, 4) is 0 Å². The Bertz CT molecular complexity index is 958. The number of hydrogen-bond donors (Lipinski definition) is 2. The van der Waals surface area contributed by atoms with Crippen molar-refractivity contribution in [2.75, 3.05) is 17.7 Å². The van der Waals surface area contributed by atoms with E-state index in [-0.39, 0.29) is 11.7 Å². The van der Waals surface area contributed by atoms with Crippen LogP contribution in [0.1, 0.15) is 17.3 Å². The van der Waals surface area contributed by atoms with Crippen LogP contribution in [0.3, 0.4) is 0 Å². The Morgan fingerprint density at radius 2 is 2.12 bits per heavy atom. The normalized spacial score (nSPS) is 10.7. The van der Waals surface area contributed by atoms with Gasteiger partial charge < -0.3 is 15.0 Å². The summed E-state index contributed by atoms with van der Waals surface area (Å²) in [6.07, 6.45) is 0. The Balaban J connectivity index is 1.60. The molecule has 6 nitrogen and oxygen atoms in total. The van der Waals surface area contributed by atoms with E-state index in [9.17, 15) is 9.59 Å². The van der Waals surface area contributed by atoms with Gasteiger partial charge in [0.05, 0.1) is 29.0 Å². The number of fused-ring (bicyclic) bond motifs is 1. The highest BCUT2D eigenvalue weighted by molar-refractivity contribution is 9.10. The average Bonchev–Trinajstić information content (AvgIpc) is 3.02. The number of aromatic nitrogens is 2. The molecule has 0 saturated carbocycles. The van der Waals surface area contributed by atoms with E-state index >= 15 is 0 Å². The molecule has 8 heteroatoms. The van der Waals surface area contributed by atoms with E-state index in [1.807, 2.05) is 18.2 Å². The number of halogens is 1. The third kappa shape index (κ3) is 4.64. The number of esters is 1. The maximum atomic E-state index is 12.2. The highest BCUT2D eigenvalue weighted by Crippen LogP contribution is 2.22. The fourth-order valence-corrected chi connectivity index (χ4v) is 3.34. The predicted molar refractivity (Wildman–Crippen MR) is 106 cm³/mol. The Morgan fingerprint density at radius 1 is 1.27 bits per heavy atom. The molecule has 1 aromatic heterocycles. The molecule has 1 amide bonds. The van der Waals surface area contributed by atoms with Gasteiger partial charge in [-0.05, 0) is 43.3 Å². The van der Waals surface area contributed by atoms with Gasteiger partial charge in [-0.25, -0.2) is 9.78 Å². The molecule has 2 N–H and O–H groups in total. The molecule has 3 aromatic rings. The molecule has 0 spiro atoms. The van der Waals surface area contributed by atoms with Crippen molar-refractivity contribution in [3.63, 3.8) is 0 Å². The van der Waals surface area contributed by atoms with Gasteiger partial charge in [-0.15, -0.1) is 0 Å². The van der Waals surface area contributed by atoms with Gasteiger partial charge in [0.2, 0.25) is 5.91 Å². The van der Waals surface area contributed by atoms with E-state index in [0.717, 1.165) is 15.5 Å². The van der Waals surface area contributed by atoms with Crippen molar-refractivity contribution in [3.05, 3.63) is 52.5 Å². The number of benzene rings is 2. The van der Waals surface area contributed by atoms with Crippen LogP contribution in [0.25, 0.3) is 11.0 Å². The van der Waals surface area contributed by atoms with Crippen molar-refractivity contribution in [2.24, 2.45) is 0 Å². The summed E-state index contributed by atoms with van der Waals surface area (Å²) in [6, 6.07) is 12.4. The second kappa shape index (κ2) is 8.37. The Morgan fingerprint density at radius 3 is 2.92 bits per heavy atom. The molecule has 0 bridgehead atoms. The minimum atomic E-state index is -0.411. The molecule has 0 radical (unpaired) electrons. The molecule has 0 aliphatic rings. The fourth-order valence-electron chi connectivity index (χ4n) is 2.30. The van der Waals surface area contributed by atoms with Gasteiger partial charge in [0.1, 0.15) is 0 Å². The largest absolute Gasteiger partial charge is 0.462 e. The van der Waals surface area contributed by atoms with E-state index in [2.05, 4.69) is 31.2 Å². The number of nitrogens with one attached hydrogen (secondary N) is 2. The summed E-state index contributed by atoms with van der Waals surface area (Å²) >= 11 is 4.73. The second-order valence-corrected chi connectivity index (χ2v) is 7.22. The van der Waals surface area contributed by atoms with Crippen LogP contribution in [0, 0.1) is 0 Å². The molecule has 3 rings (SSSR count). The number of carbonyl (C=O) groups is 2. The Labute approximate surface area is 162 Å². The van der Waals surface area contributed by atoms with Crippen LogP contribution in [-0.2, 0) is 9.53 Å². The topological polar surface area (TPSA) is 84.1 Å². The number of thioether (sulfide) groups is 1. The molecular formula is C18H16BrN3O3S. The predicted octanol–water partition coefficient (Wildman–Crippen LogP) is 4.23. The quantitative estimate of drug-likeness (QED) is 0.448. The molecule has 0 saturated heterocycles. The van der Waals surface area contributed by atoms with Crippen LogP contribution >= 0.6 is 27.7 Å². The van der Waals surface area contributed by atoms with Crippen molar-refractivity contribution in [1.82, 2.24) is 9.97 Å². The van der Waals surface area contributed by atoms with Crippen LogP contribution in [0.5, 0.6) is 0 Å². The second-order valence-electron chi connectivity index (χ2n) is 5.34. The van der Waals surface area contributed by atoms with Gasteiger partial charge in [-0.2, -0.15) is 0 Å². The van der Waals surface area contributed by atoms with E-state index < -0.39 is 5.97 Å². The summed E-state index contributed by atoms with van der Waals surface area (Å²) in [5, 5.41) is 3.45. The first kappa shape index (κ1) is 18.5. The molecule has 0 aliphatic carbocycles. The fraction of sp³-hybridized carbons (Fsp3) is 0.167. The number of anilines is 1. The van der Waals surface area contributed by atoms with E-state index in [1.54, 1.807) is 31.2 Å². The SMILES string of the molecule is CCOC(=O)c1cccc(NC(=O)CSc2nc3ccc(Br)cc3[nH]2)c1. The standard InChI is InChI=1S/C18H16BrN3O3S/c1-2-25-17(24)11-4-3-5-13(8-11)20-16(23)10-26-18-21-14-7-6-12(19)9-15(14)22-18/h3-9H,2,10H2,1H3,(H,20,23)(H,21,22). The highest BCUT2D eigenvalue weighted by atomic mass is 79.9. The Hall–Kier alpha value is -2.32. The van der Waals surface area contributed by atoms with E-state index in [0.29, 0.717) is 23.0 Å². The minimum Gasteiger partial charge on any atom is -0.462 e. The first-order valence-corrected chi connectivity index (χ1v) is 9.68. The van der Waals surface area contributed by atoms with Gasteiger partial charge in [-0.1, -0.05) is 33.8 Å². The minimum absolute atomic E-state index is 0.183. The number of rotatable bonds is 6. The average molecular weight is 434 g/mol. The number of nitrogens with zero attached hydrogens (tertiary/aromatic N) is 1. The molecule has 1 heterocycles. The monoisotopic (exact) mass is 433 g/mol. The summed E-state index contributed by atoms with van der Waals surface area (Å²) in [5.41, 5.74) is 2.71. The van der Waals surface area contributed by atoms with Gasteiger partial charge in [-0.3, -0.25) is 4.79 Å². The maximum absolute atomic E-state index is 12.2. The molecule has 0 unspecified atom stereocenters. The smallest absolute Gasteiger partial charge is 0.338 e. The van der Waals surface area contributed by atoms with E-state index in [1.165, 1.54) is 11.8 Å². The zero-order chi connectivity index (χ0) is 18.5. The van der Waals surface area contributed by atoms with Crippen LogP contribution in [0.15, 0.2) is 52.1 Å². The number of H-pyrrole nitrogens is 1. The number of imidazole rings is 1. The number of amides is 1. The molecule has 26 heavy (non-hydrogen) atoms. The third-order valence-corrected chi connectivity index (χ3v) is 4.79. The number of aromatic amines is 1. The van der Waals surface area contributed by atoms with Crippen LogP contribution in [0.4, 0.5) is 5.69 Å². The molecular weight excluding hydrogens is 418 g/mol. The lowest BCUT2D eigenvalue weighted by Gasteiger charge is -2.06. The summed E-state index contributed by atoms with van der Waals surface area (Å²) in [5.74, 6) is -0.394. The summed E-state index contributed by atoms with van der Waals surface area (Å²) in [6.45, 7) is 2.05. The van der Waals surface area contributed by atoms with Crippen molar-refractivity contribution in [1.29, 1.82) is 0 Å². The molecule has 134 valence electrons. The number of hydrogen-bond acceptors (Lipinski definition) is 5. The lowest BCUT2D eigenvalue weighted by molar-refractivity contribution is -0.113. The molecule has 0 aliphatic heterocycles. The summed E-state index contributed by atoms with van der Waals surface area (Å²) < 4.78 is 5.92. The number of ether oxygens (including phenoxy) is 1. The van der Waals surface area contributed by atoms with Gasteiger partial charge in [0.25, 0.3) is 0 Å². The lowest BCUT2D eigenvalue weighted by Crippen LogP contribution is -2.14. The maximum Gasteiger partial charge on any atom is 0.338 e. The van der Waals surface area contributed by atoms with Crippen molar-refractivity contribution >= 4 is 56.3 Å². The summed E-state index contributed by atoms with van der Waals surface area (Å²) in [4.78, 5) is 31.5. The van der Waals surface area contributed by atoms with Gasteiger partial charge in [0.15, 0.2) is 5.16 Å². The summed E-state index contributed by atoms with van der Waals surface area (Å²) in [7, 11) is 0. The molecule has 0 fully saturated rings. The third-order valence-electron chi connectivity index (χ3n) is 3.42. The zero-order valence-electron chi connectivity index (χ0n) is 13.9. The first-order valence-electron chi connectivity index (χ1n) is 7.90. The zero-order valence-corrected chi connectivity index (χ0v) is 16.3. The van der Waals surface area contributed by atoms with Crippen LogP contribution in [-0.4, -0.2) is 34.2 Å². The first-order chi connectivity index (χ1) is 12.5. The Kier molecular flexibility index (Phi) is 5.95. The molecule has 0 atom stereocenters. The highest BCUT2D eigenvalue weighted by Gasteiger charge is 2.10. The van der Waals surface area contributed by atoms with Crippen LogP contribution < -0.4 is 5.32 Å². The lowest BCUT2D eigenvalue weighted by atomic mass is 10.2. The van der Waals surface area contributed by atoms with Gasteiger partial charge in [0, 0.05) is 10.2 Å². The van der Waals surface area contributed by atoms with Crippen molar-refractivity contribution < 1.29 is 14.3 Å². The van der Waals surface area contributed by atoms with Crippen molar-refractivity contribution in [2.45, 2.75) is 12.1 Å². The van der Waals surface area contributed by atoms with Crippen LogP contribution in [0.2, 0.25) is 0 Å². The number of carbonyl (C=O) groups excluding carboxylic acids is 2. The molecule has 2 aromatic carbocycles. The van der Waals surface area contributed by atoms with E-state index in [4.69, 9.17) is 4.74 Å². The van der Waals surface area contributed by atoms with Gasteiger partial charge >= 0.3 is 5.97 Å².